The molecule has 0 aliphatic carbocycles. The van der Waals surface area contributed by atoms with Crippen LogP contribution in [-0.2, 0) is 0 Å². The first-order valence-electron chi connectivity index (χ1n) is 5.35. The summed E-state index contributed by atoms with van der Waals surface area (Å²) < 4.78 is 0. The van der Waals surface area contributed by atoms with Gasteiger partial charge in [0.2, 0.25) is 0 Å². The average molecular weight is 192 g/mol. The van der Waals surface area contributed by atoms with Crippen molar-refractivity contribution >= 4 is 5.84 Å². The Morgan fingerprint density at radius 2 is 2.36 bits per heavy atom. The lowest BCUT2D eigenvalue weighted by atomic mass is 10.0. The number of aliphatic imine (C=N–C) groups is 1. The minimum absolute atomic E-state index is 1.06. The molecule has 0 aromatic heterocycles. The van der Waals surface area contributed by atoms with Gasteiger partial charge < -0.3 is 5.32 Å². The molecule has 0 aromatic rings. The first-order valence-corrected chi connectivity index (χ1v) is 5.35. The zero-order valence-electron chi connectivity index (χ0n) is 9.43. The van der Waals surface area contributed by atoms with Gasteiger partial charge in [-0.2, -0.15) is 0 Å². The second kappa shape index (κ2) is 5.63. The number of allylic oxidation sites excluding steroid dienone is 3. The molecular formula is C12H20N2. The van der Waals surface area contributed by atoms with Crippen molar-refractivity contribution in [3.8, 4) is 0 Å². The number of hydrogen-bond donors (Lipinski definition) is 1. The van der Waals surface area contributed by atoms with Crippen LogP contribution in [0.1, 0.15) is 33.1 Å². The van der Waals surface area contributed by atoms with Crippen molar-refractivity contribution < 1.29 is 0 Å². The first kappa shape index (κ1) is 11.0. The van der Waals surface area contributed by atoms with Gasteiger partial charge in [-0.15, -0.1) is 0 Å². The minimum Gasteiger partial charge on any atom is -0.370 e. The third-order valence-electron chi connectivity index (χ3n) is 2.57. The van der Waals surface area contributed by atoms with E-state index in [4.69, 9.17) is 0 Å². The fraction of sp³-hybridized carbons (Fsp3) is 0.583. The predicted molar refractivity (Wildman–Crippen MR) is 62.7 cm³/mol. The Bertz CT molecular complexity index is 272. The summed E-state index contributed by atoms with van der Waals surface area (Å²) in [6, 6.07) is 0. The van der Waals surface area contributed by atoms with Gasteiger partial charge in [0.05, 0.1) is 0 Å². The Hall–Kier alpha value is -1.05. The van der Waals surface area contributed by atoms with Gasteiger partial charge in [-0.05, 0) is 31.8 Å². The Balaban J connectivity index is 2.73. The van der Waals surface area contributed by atoms with Crippen molar-refractivity contribution in [1.82, 2.24) is 5.32 Å². The van der Waals surface area contributed by atoms with Crippen molar-refractivity contribution in [3.63, 3.8) is 0 Å². The first-order chi connectivity index (χ1) is 6.77. The standard InChI is InChI=1S/C12H20N2/c1-4-10(2)7-8-11-6-5-9-14-12(11)13-3/h7-8H,4-6,9H2,1-3H3,(H,13,14)/b10-7+,11-8-. The summed E-state index contributed by atoms with van der Waals surface area (Å²) in [4.78, 5) is 4.24. The molecular weight excluding hydrogens is 172 g/mol. The fourth-order valence-corrected chi connectivity index (χ4v) is 1.46. The van der Waals surface area contributed by atoms with Gasteiger partial charge in [0, 0.05) is 13.6 Å². The molecule has 1 aliphatic rings. The normalized spacial score (nSPS) is 24.1. The van der Waals surface area contributed by atoms with Crippen LogP contribution in [0, 0.1) is 0 Å². The Labute approximate surface area is 86.8 Å². The van der Waals surface area contributed by atoms with Crippen LogP contribution in [0.2, 0.25) is 0 Å². The molecule has 0 bridgehead atoms. The molecule has 1 fully saturated rings. The molecule has 0 saturated carbocycles. The van der Waals surface area contributed by atoms with E-state index in [1.807, 2.05) is 7.05 Å². The molecule has 0 radical (unpaired) electrons. The largest absolute Gasteiger partial charge is 0.370 e. The van der Waals surface area contributed by atoms with Crippen LogP contribution in [0.5, 0.6) is 0 Å². The number of hydrogen-bond acceptors (Lipinski definition) is 1. The highest BCUT2D eigenvalue weighted by Crippen LogP contribution is 2.12. The summed E-state index contributed by atoms with van der Waals surface area (Å²) in [5, 5.41) is 3.31. The molecule has 14 heavy (non-hydrogen) atoms. The van der Waals surface area contributed by atoms with E-state index in [0.717, 1.165) is 25.2 Å². The van der Waals surface area contributed by atoms with Crippen molar-refractivity contribution in [2.75, 3.05) is 13.6 Å². The van der Waals surface area contributed by atoms with Crippen molar-refractivity contribution in [1.29, 1.82) is 0 Å². The highest BCUT2D eigenvalue weighted by atomic mass is 15.0. The molecule has 78 valence electrons. The van der Waals surface area contributed by atoms with Crippen LogP contribution in [0.4, 0.5) is 0 Å². The van der Waals surface area contributed by atoms with Crippen LogP contribution in [-0.4, -0.2) is 19.4 Å². The van der Waals surface area contributed by atoms with Crippen molar-refractivity contribution in [3.05, 3.63) is 23.3 Å². The molecule has 0 unspecified atom stereocenters. The smallest absolute Gasteiger partial charge is 0.123 e. The van der Waals surface area contributed by atoms with E-state index in [-0.39, 0.29) is 0 Å². The quantitative estimate of drug-likeness (QED) is 0.714. The summed E-state index contributed by atoms with van der Waals surface area (Å²) >= 11 is 0. The van der Waals surface area contributed by atoms with E-state index >= 15 is 0 Å². The van der Waals surface area contributed by atoms with Gasteiger partial charge in [0.15, 0.2) is 0 Å². The summed E-state index contributed by atoms with van der Waals surface area (Å²) in [5.41, 5.74) is 2.75. The van der Waals surface area contributed by atoms with Gasteiger partial charge in [-0.3, -0.25) is 4.99 Å². The molecule has 0 amide bonds. The zero-order chi connectivity index (χ0) is 10.4. The van der Waals surface area contributed by atoms with Crippen LogP contribution in [0.15, 0.2) is 28.3 Å². The average Bonchev–Trinajstić information content (AvgIpc) is 2.26. The van der Waals surface area contributed by atoms with Crippen LogP contribution in [0.3, 0.4) is 0 Å². The molecule has 1 saturated heterocycles. The Morgan fingerprint density at radius 3 is 3.00 bits per heavy atom. The number of nitrogens with one attached hydrogen (secondary N) is 1. The van der Waals surface area contributed by atoms with E-state index in [2.05, 4.69) is 36.3 Å². The fourth-order valence-electron chi connectivity index (χ4n) is 1.46. The van der Waals surface area contributed by atoms with E-state index in [9.17, 15) is 0 Å². The second-order valence-electron chi connectivity index (χ2n) is 3.66. The molecule has 0 aromatic carbocycles. The minimum atomic E-state index is 1.06. The lowest BCUT2D eigenvalue weighted by Crippen LogP contribution is -2.31. The van der Waals surface area contributed by atoms with Gasteiger partial charge in [0.25, 0.3) is 0 Å². The number of rotatable bonds is 2. The maximum atomic E-state index is 4.24. The molecule has 1 aliphatic heterocycles. The summed E-state index contributed by atoms with van der Waals surface area (Å²) in [7, 11) is 1.85. The maximum absolute atomic E-state index is 4.24. The number of nitrogens with zero attached hydrogens (tertiary/aromatic N) is 1. The van der Waals surface area contributed by atoms with E-state index in [1.54, 1.807) is 0 Å². The highest BCUT2D eigenvalue weighted by Gasteiger charge is 2.10. The monoisotopic (exact) mass is 192 g/mol. The molecule has 0 atom stereocenters. The maximum Gasteiger partial charge on any atom is 0.123 e. The molecule has 0 spiro atoms. The van der Waals surface area contributed by atoms with Crippen molar-refractivity contribution in [2.24, 2.45) is 4.99 Å². The summed E-state index contributed by atoms with van der Waals surface area (Å²) in [6.07, 6.45) is 7.88. The number of amidine groups is 1. The van der Waals surface area contributed by atoms with E-state index < -0.39 is 0 Å². The Kier molecular flexibility index (Phi) is 4.44. The molecule has 1 rings (SSSR count). The SMILES string of the molecule is CC/C(C)=C/C=C1/CCCNC1=NC. The van der Waals surface area contributed by atoms with Gasteiger partial charge in [-0.1, -0.05) is 24.6 Å². The third-order valence-corrected chi connectivity index (χ3v) is 2.57. The lowest BCUT2D eigenvalue weighted by molar-refractivity contribution is 0.736. The third kappa shape index (κ3) is 3.02. The van der Waals surface area contributed by atoms with Gasteiger partial charge in [-0.25, -0.2) is 0 Å². The lowest BCUT2D eigenvalue weighted by Gasteiger charge is -2.18. The van der Waals surface area contributed by atoms with Crippen molar-refractivity contribution in [2.45, 2.75) is 33.1 Å². The molecule has 1 heterocycles. The van der Waals surface area contributed by atoms with E-state index in [1.165, 1.54) is 17.6 Å². The summed E-state index contributed by atoms with van der Waals surface area (Å²) in [5.74, 6) is 1.07. The van der Waals surface area contributed by atoms with Gasteiger partial charge >= 0.3 is 0 Å². The molecule has 2 nitrogen and oxygen atoms in total. The highest BCUT2D eigenvalue weighted by molar-refractivity contribution is 5.99. The molecule has 1 N–H and O–H groups in total. The topological polar surface area (TPSA) is 24.4 Å². The summed E-state index contributed by atoms with van der Waals surface area (Å²) in [6.45, 7) is 5.40. The Morgan fingerprint density at radius 1 is 1.57 bits per heavy atom. The van der Waals surface area contributed by atoms with Crippen LogP contribution < -0.4 is 5.32 Å². The molecule has 2 heteroatoms. The van der Waals surface area contributed by atoms with Crippen LogP contribution >= 0.6 is 0 Å². The van der Waals surface area contributed by atoms with Crippen LogP contribution in [0.25, 0.3) is 0 Å². The second-order valence-corrected chi connectivity index (χ2v) is 3.66. The zero-order valence-corrected chi connectivity index (χ0v) is 9.43. The predicted octanol–water partition coefficient (Wildman–Crippen LogP) is 2.68. The van der Waals surface area contributed by atoms with Gasteiger partial charge in [0.1, 0.15) is 5.84 Å². The number of piperidine rings is 1. The van der Waals surface area contributed by atoms with E-state index in [0.29, 0.717) is 0 Å².